The van der Waals surface area contributed by atoms with Gasteiger partial charge in [-0.05, 0) is 75.4 Å². The second-order valence-electron chi connectivity index (χ2n) is 10.2. The lowest BCUT2D eigenvalue weighted by atomic mass is 10.1. The van der Waals surface area contributed by atoms with Crippen molar-refractivity contribution in [3.05, 3.63) is 66.6 Å². The first-order valence-electron chi connectivity index (χ1n) is 13.1. The van der Waals surface area contributed by atoms with Gasteiger partial charge in [-0.25, -0.2) is 9.78 Å². The molecule has 0 atom stereocenters. The highest BCUT2D eigenvalue weighted by Gasteiger charge is 2.38. The third kappa shape index (κ3) is 10.1. The summed E-state index contributed by atoms with van der Waals surface area (Å²) in [4.78, 5) is 19.9. The fourth-order valence-corrected chi connectivity index (χ4v) is 4.07. The maximum Gasteiger partial charge on any atom is 0.490 e. The molecule has 0 amide bonds. The Bertz CT molecular complexity index is 1250. The van der Waals surface area contributed by atoms with Crippen molar-refractivity contribution in [2.45, 2.75) is 64.0 Å². The van der Waals surface area contributed by atoms with E-state index in [0.29, 0.717) is 18.9 Å². The van der Waals surface area contributed by atoms with Gasteiger partial charge in [-0.15, -0.1) is 0 Å². The Morgan fingerprint density at radius 3 is 2.29 bits per heavy atom. The van der Waals surface area contributed by atoms with Gasteiger partial charge >= 0.3 is 12.1 Å². The second-order valence-corrected chi connectivity index (χ2v) is 10.2. The highest BCUT2D eigenvalue weighted by molar-refractivity contribution is 5.73. The number of rotatable bonds is 10. The number of anilines is 3. The van der Waals surface area contributed by atoms with Crippen molar-refractivity contribution in [3.63, 3.8) is 0 Å². The minimum atomic E-state index is -5.08. The summed E-state index contributed by atoms with van der Waals surface area (Å²) in [5.74, 6) is -0.541. The number of nitrogens with one attached hydrogen (secondary N) is 1. The maximum atomic E-state index is 10.6. The van der Waals surface area contributed by atoms with E-state index >= 15 is 0 Å². The van der Waals surface area contributed by atoms with Gasteiger partial charge in [-0.3, -0.25) is 4.98 Å². The molecule has 4 rings (SSSR count). The topological polar surface area (TPSA) is 117 Å². The highest BCUT2D eigenvalue weighted by atomic mass is 19.4. The van der Waals surface area contributed by atoms with E-state index in [2.05, 4.69) is 26.3 Å². The molecule has 3 N–H and O–H groups in total. The third-order valence-electron chi connectivity index (χ3n) is 6.12. The zero-order valence-corrected chi connectivity index (χ0v) is 23.2. The fraction of sp³-hybridized carbons (Fsp3) is 0.414. The largest absolute Gasteiger partial charge is 0.493 e. The van der Waals surface area contributed by atoms with Crippen molar-refractivity contribution >= 4 is 23.2 Å². The predicted octanol–water partition coefficient (Wildman–Crippen LogP) is 5.96. The summed E-state index contributed by atoms with van der Waals surface area (Å²) < 4.78 is 43.7. The number of aliphatic carboxylic acids is 1. The zero-order chi connectivity index (χ0) is 30.0. The molecule has 0 aliphatic heterocycles. The van der Waals surface area contributed by atoms with Gasteiger partial charge in [0, 0.05) is 37.2 Å². The number of benzene rings is 1. The van der Waals surface area contributed by atoms with E-state index in [0.717, 1.165) is 41.3 Å². The summed E-state index contributed by atoms with van der Waals surface area (Å²) in [5, 5.41) is 20.3. The van der Waals surface area contributed by atoms with Crippen LogP contribution in [0.4, 0.5) is 30.4 Å². The number of pyridine rings is 2. The van der Waals surface area contributed by atoms with Gasteiger partial charge in [0.1, 0.15) is 5.82 Å². The average molecular weight is 577 g/mol. The highest BCUT2D eigenvalue weighted by Crippen LogP contribution is 2.37. The van der Waals surface area contributed by atoms with Gasteiger partial charge in [0.25, 0.3) is 0 Å². The standard InChI is InChI=1S/C27H34N4O3.C2HF3O2/c1-27(2,32)19-30-26-13-11-22(17-29-26)31(18-20-7-6-14-28-16-20)21-10-12-24(33-3)25(15-21)34-23-8-4-5-9-23;3-2(4,5)1(6)7/h6-7,10-17,23,32H,4-5,8-9,18-19H2,1-3H3,(H,29,30);(H,6,7). The number of alkyl halides is 3. The van der Waals surface area contributed by atoms with E-state index in [1.54, 1.807) is 27.2 Å². The molecule has 222 valence electrons. The Morgan fingerprint density at radius 1 is 1.07 bits per heavy atom. The number of hydrogen-bond donors (Lipinski definition) is 3. The molecule has 0 bridgehead atoms. The van der Waals surface area contributed by atoms with Crippen LogP contribution in [0.25, 0.3) is 0 Å². The van der Waals surface area contributed by atoms with Gasteiger partial charge in [0.05, 0.1) is 30.7 Å². The van der Waals surface area contributed by atoms with Crippen molar-refractivity contribution in [1.82, 2.24) is 9.97 Å². The van der Waals surface area contributed by atoms with Crippen molar-refractivity contribution in [1.29, 1.82) is 0 Å². The number of hydrogen-bond acceptors (Lipinski definition) is 8. The minimum absolute atomic E-state index is 0.235. The molecule has 9 nitrogen and oxygen atoms in total. The minimum Gasteiger partial charge on any atom is -0.493 e. The SMILES string of the molecule is COc1ccc(N(Cc2cccnc2)c2ccc(NCC(C)(C)O)nc2)cc1OC1CCCC1.O=C(O)C(F)(F)F. The number of carboxylic acids is 1. The van der Waals surface area contributed by atoms with Crippen LogP contribution in [0.1, 0.15) is 45.1 Å². The summed E-state index contributed by atoms with van der Waals surface area (Å²) in [6, 6.07) is 14.0. The van der Waals surface area contributed by atoms with Crippen molar-refractivity contribution < 1.29 is 37.7 Å². The molecule has 1 saturated carbocycles. The van der Waals surface area contributed by atoms with Crippen LogP contribution in [0.5, 0.6) is 11.5 Å². The van der Waals surface area contributed by atoms with Gasteiger partial charge < -0.3 is 29.9 Å². The number of halogens is 3. The molecule has 12 heteroatoms. The van der Waals surface area contributed by atoms with E-state index in [1.807, 2.05) is 48.8 Å². The smallest absolute Gasteiger partial charge is 0.490 e. The molecule has 3 aromatic rings. The van der Waals surface area contributed by atoms with E-state index in [-0.39, 0.29) is 6.10 Å². The molecule has 0 spiro atoms. The molecule has 0 unspecified atom stereocenters. The van der Waals surface area contributed by atoms with E-state index in [1.165, 1.54) is 12.8 Å². The molecular formula is C29H35F3N4O5. The van der Waals surface area contributed by atoms with Crippen LogP contribution in [0.2, 0.25) is 0 Å². The molecule has 1 aliphatic rings. The van der Waals surface area contributed by atoms with E-state index in [9.17, 15) is 18.3 Å². The lowest BCUT2D eigenvalue weighted by Gasteiger charge is -2.26. The summed E-state index contributed by atoms with van der Waals surface area (Å²) in [6.45, 7) is 4.57. The normalized spacial score (nSPS) is 13.6. The monoisotopic (exact) mass is 576 g/mol. The fourth-order valence-electron chi connectivity index (χ4n) is 4.07. The summed E-state index contributed by atoms with van der Waals surface area (Å²) in [6.07, 6.45) is 5.21. The molecular weight excluding hydrogens is 541 g/mol. The first kappa shape index (κ1) is 31.5. The molecule has 0 radical (unpaired) electrons. The molecule has 41 heavy (non-hydrogen) atoms. The Balaban J connectivity index is 0.000000587. The number of carbonyl (C=O) groups is 1. The van der Waals surface area contributed by atoms with Crippen LogP contribution in [-0.4, -0.2) is 57.7 Å². The van der Waals surface area contributed by atoms with Gasteiger partial charge in [-0.1, -0.05) is 6.07 Å². The van der Waals surface area contributed by atoms with Crippen molar-refractivity contribution in [2.24, 2.45) is 0 Å². The van der Waals surface area contributed by atoms with Crippen LogP contribution in [-0.2, 0) is 11.3 Å². The Morgan fingerprint density at radius 2 is 1.76 bits per heavy atom. The number of aromatic nitrogens is 2. The number of aliphatic hydroxyl groups is 1. The van der Waals surface area contributed by atoms with Crippen LogP contribution < -0.4 is 19.7 Å². The third-order valence-corrected chi connectivity index (χ3v) is 6.12. The van der Waals surface area contributed by atoms with Crippen molar-refractivity contribution in [2.75, 3.05) is 23.9 Å². The predicted molar refractivity (Wildman–Crippen MR) is 149 cm³/mol. The van der Waals surface area contributed by atoms with Gasteiger partial charge in [0.15, 0.2) is 11.5 Å². The van der Waals surface area contributed by atoms with Crippen LogP contribution in [0, 0.1) is 0 Å². The Kier molecular flexibility index (Phi) is 10.8. The van der Waals surface area contributed by atoms with Crippen LogP contribution >= 0.6 is 0 Å². The Labute approximate surface area is 237 Å². The van der Waals surface area contributed by atoms with Crippen molar-refractivity contribution in [3.8, 4) is 11.5 Å². The van der Waals surface area contributed by atoms with Crippen LogP contribution in [0.15, 0.2) is 61.1 Å². The number of carboxylic acid groups (broad SMARTS) is 1. The number of nitrogens with zero attached hydrogens (tertiary/aromatic N) is 3. The van der Waals surface area contributed by atoms with E-state index < -0.39 is 17.7 Å². The lowest BCUT2D eigenvalue weighted by molar-refractivity contribution is -0.192. The zero-order valence-electron chi connectivity index (χ0n) is 23.2. The number of methoxy groups -OCH3 is 1. The van der Waals surface area contributed by atoms with E-state index in [4.69, 9.17) is 19.4 Å². The van der Waals surface area contributed by atoms with Crippen LogP contribution in [0.3, 0.4) is 0 Å². The molecule has 1 aliphatic carbocycles. The molecule has 2 aromatic heterocycles. The maximum absolute atomic E-state index is 10.6. The quantitative estimate of drug-likeness (QED) is 0.269. The summed E-state index contributed by atoms with van der Waals surface area (Å²) in [7, 11) is 1.67. The molecule has 1 aromatic carbocycles. The molecule has 2 heterocycles. The average Bonchev–Trinajstić information content (AvgIpc) is 3.44. The second kappa shape index (κ2) is 14.0. The summed E-state index contributed by atoms with van der Waals surface area (Å²) in [5.41, 5.74) is 2.19. The first-order chi connectivity index (χ1) is 19.4. The summed E-state index contributed by atoms with van der Waals surface area (Å²) >= 11 is 0. The molecule has 0 saturated heterocycles. The Hall–Kier alpha value is -4.06. The molecule has 1 fully saturated rings. The van der Waals surface area contributed by atoms with Gasteiger partial charge in [0.2, 0.25) is 0 Å². The first-order valence-corrected chi connectivity index (χ1v) is 13.1. The lowest BCUT2D eigenvalue weighted by Crippen LogP contribution is -2.29. The van der Waals surface area contributed by atoms with Gasteiger partial charge in [-0.2, -0.15) is 13.2 Å². The number of ether oxygens (including phenoxy) is 2.